The zero-order valence-electron chi connectivity index (χ0n) is 16.1. The van der Waals surface area contributed by atoms with Gasteiger partial charge in [-0.2, -0.15) is 0 Å². The molecule has 0 radical (unpaired) electrons. The van der Waals surface area contributed by atoms with E-state index in [0.717, 1.165) is 6.42 Å². The predicted molar refractivity (Wildman–Crippen MR) is 93.7 cm³/mol. The number of allylic oxidation sites excluding steroid dienone is 1. The van der Waals surface area contributed by atoms with Crippen LogP contribution in [0.4, 0.5) is 0 Å². The van der Waals surface area contributed by atoms with Crippen molar-refractivity contribution in [3.8, 4) is 0 Å². The first-order chi connectivity index (χ1) is 12.0. The van der Waals surface area contributed by atoms with Gasteiger partial charge in [-0.3, -0.25) is 0 Å². The molecular weight excluding hydrogens is 336 g/mol. The molecule has 3 aliphatic rings. The van der Waals surface area contributed by atoms with Gasteiger partial charge in [0, 0.05) is 22.1 Å². The lowest BCUT2D eigenvalue weighted by molar-refractivity contribution is -0.277. The van der Waals surface area contributed by atoms with E-state index in [1.54, 1.807) is 26.8 Å². The summed E-state index contributed by atoms with van der Waals surface area (Å²) >= 11 is 0. The van der Waals surface area contributed by atoms with Crippen molar-refractivity contribution in [1.82, 2.24) is 0 Å². The van der Waals surface area contributed by atoms with Crippen LogP contribution in [0.25, 0.3) is 0 Å². The maximum Gasteiger partial charge on any atom is 0.336 e. The Bertz CT molecular complexity index is 722. The average molecular weight is 364 g/mol. The van der Waals surface area contributed by atoms with Gasteiger partial charge in [0.1, 0.15) is 11.7 Å². The van der Waals surface area contributed by atoms with Gasteiger partial charge in [-0.15, -0.1) is 0 Å². The van der Waals surface area contributed by atoms with E-state index >= 15 is 0 Å². The molecule has 0 bridgehead atoms. The second-order valence-electron chi connectivity index (χ2n) is 8.32. The molecule has 26 heavy (non-hydrogen) atoms. The van der Waals surface area contributed by atoms with Crippen molar-refractivity contribution in [2.45, 2.75) is 77.8 Å². The number of fused-ring (bicyclic) bond motifs is 2. The first-order valence-corrected chi connectivity index (χ1v) is 9.20. The van der Waals surface area contributed by atoms with Gasteiger partial charge in [0.2, 0.25) is 5.79 Å². The zero-order chi connectivity index (χ0) is 19.5. The molecule has 6 heteroatoms. The van der Waals surface area contributed by atoms with E-state index in [-0.39, 0.29) is 12.3 Å². The first kappa shape index (κ1) is 19.1. The van der Waals surface area contributed by atoms with E-state index in [4.69, 9.17) is 9.47 Å². The molecule has 0 aromatic carbocycles. The molecule has 2 saturated carbocycles. The van der Waals surface area contributed by atoms with Crippen molar-refractivity contribution in [1.29, 1.82) is 0 Å². The number of hydrogen-bond acceptors (Lipinski definition) is 6. The summed E-state index contributed by atoms with van der Waals surface area (Å²) in [4.78, 5) is 24.3. The highest BCUT2D eigenvalue weighted by Crippen LogP contribution is 2.61. The third-order valence-corrected chi connectivity index (χ3v) is 7.02. The van der Waals surface area contributed by atoms with Crippen LogP contribution in [0.2, 0.25) is 0 Å². The summed E-state index contributed by atoms with van der Waals surface area (Å²) in [5.41, 5.74) is -0.717. The Morgan fingerprint density at radius 1 is 1.35 bits per heavy atom. The van der Waals surface area contributed by atoms with Gasteiger partial charge in [0.05, 0.1) is 6.42 Å². The summed E-state index contributed by atoms with van der Waals surface area (Å²) in [6.07, 6.45) is 2.32. The van der Waals surface area contributed by atoms with Gasteiger partial charge in [0.25, 0.3) is 0 Å². The van der Waals surface area contributed by atoms with Crippen LogP contribution in [0.5, 0.6) is 0 Å². The Morgan fingerprint density at radius 2 is 2.00 bits per heavy atom. The van der Waals surface area contributed by atoms with E-state index in [1.165, 1.54) is 0 Å². The van der Waals surface area contributed by atoms with Crippen LogP contribution in [0.15, 0.2) is 22.8 Å². The van der Waals surface area contributed by atoms with Crippen molar-refractivity contribution in [2.75, 3.05) is 0 Å². The Balaban J connectivity index is 2.02. The fourth-order valence-electron chi connectivity index (χ4n) is 4.75. The van der Waals surface area contributed by atoms with Crippen molar-refractivity contribution in [3.63, 3.8) is 0 Å². The molecule has 0 unspecified atom stereocenters. The van der Waals surface area contributed by atoms with Crippen molar-refractivity contribution >= 4 is 11.9 Å². The third-order valence-electron chi connectivity index (χ3n) is 7.02. The van der Waals surface area contributed by atoms with Gasteiger partial charge in [0.15, 0.2) is 0 Å². The molecule has 0 aromatic rings. The Kier molecular flexibility index (Phi) is 4.36. The highest BCUT2D eigenvalue weighted by molar-refractivity contribution is 5.92. The van der Waals surface area contributed by atoms with Gasteiger partial charge < -0.3 is 19.7 Å². The second-order valence-corrected chi connectivity index (χ2v) is 8.32. The Hall–Kier alpha value is -1.66. The summed E-state index contributed by atoms with van der Waals surface area (Å²) in [7, 11) is 0. The quantitative estimate of drug-likeness (QED) is 0.577. The maximum absolute atomic E-state index is 12.3. The SMILES string of the molecule is C/C=C(/C)C(=O)O[C@H]1CC[C@H](C)[C@@]2(C)CC3=C(C)C(=O)O[C@@]3(O)C[C@@]12O. The van der Waals surface area contributed by atoms with E-state index in [1.807, 2.05) is 6.92 Å². The van der Waals surface area contributed by atoms with Gasteiger partial charge in [-0.05, 0) is 46.0 Å². The van der Waals surface area contributed by atoms with Crippen LogP contribution >= 0.6 is 0 Å². The summed E-state index contributed by atoms with van der Waals surface area (Å²) in [5.74, 6) is -2.73. The van der Waals surface area contributed by atoms with Crippen molar-refractivity contribution < 1.29 is 29.3 Å². The number of rotatable bonds is 2. The van der Waals surface area contributed by atoms with E-state index in [0.29, 0.717) is 29.6 Å². The number of hydrogen-bond donors (Lipinski definition) is 2. The van der Waals surface area contributed by atoms with E-state index in [9.17, 15) is 19.8 Å². The second kappa shape index (κ2) is 5.92. The number of esters is 2. The fraction of sp³-hybridized carbons (Fsp3) is 0.700. The predicted octanol–water partition coefficient (Wildman–Crippen LogP) is 2.39. The maximum atomic E-state index is 12.3. The van der Waals surface area contributed by atoms with Crippen molar-refractivity contribution in [2.24, 2.45) is 11.3 Å². The van der Waals surface area contributed by atoms with Crippen LogP contribution < -0.4 is 0 Å². The smallest absolute Gasteiger partial charge is 0.336 e. The lowest BCUT2D eigenvalue weighted by atomic mass is 9.50. The first-order valence-electron chi connectivity index (χ1n) is 9.20. The highest BCUT2D eigenvalue weighted by Gasteiger charge is 2.68. The molecule has 2 N–H and O–H groups in total. The minimum atomic E-state index is -1.83. The lowest BCUT2D eigenvalue weighted by Gasteiger charge is -2.60. The standard InChI is InChI=1S/C20H28O6/c1-6-11(2)16(21)25-15-8-7-12(3)18(5)9-14-13(4)17(22)26-20(14,24)10-19(15,18)23/h6,12,15,23-24H,7-10H2,1-5H3/b11-6-/t12-,15-,18+,19+,20-/m0/s1. The van der Waals surface area contributed by atoms with E-state index in [2.05, 4.69) is 6.92 Å². The molecule has 0 spiro atoms. The monoisotopic (exact) mass is 364 g/mol. The topological polar surface area (TPSA) is 93.1 Å². The molecule has 1 aliphatic heterocycles. The average Bonchev–Trinajstić information content (AvgIpc) is 2.78. The van der Waals surface area contributed by atoms with Crippen LogP contribution in [-0.4, -0.2) is 39.6 Å². The highest BCUT2D eigenvalue weighted by atomic mass is 16.7. The number of aliphatic hydroxyl groups is 2. The van der Waals surface area contributed by atoms with Crippen LogP contribution in [0, 0.1) is 11.3 Å². The summed E-state index contributed by atoms with van der Waals surface area (Å²) in [6, 6.07) is 0. The van der Waals surface area contributed by atoms with Crippen LogP contribution in [-0.2, 0) is 19.1 Å². The summed E-state index contributed by atoms with van der Waals surface area (Å²) in [5, 5.41) is 22.6. The number of carbonyl (C=O) groups excluding carboxylic acids is 2. The molecule has 3 rings (SSSR count). The zero-order valence-corrected chi connectivity index (χ0v) is 16.1. The molecule has 0 saturated heterocycles. The molecule has 0 amide bonds. The fourth-order valence-corrected chi connectivity index (χ4v) is 4.75. The molecule has 6 nitrogen and oxygen atoms in total. The number of carbonyl (C=O) groups is 2. The molecule has 2 aliphatic carbocycles. The minimum absolute atomic E-state index is 0.130. The molecule has 0 aromatic heterocycles. The van der Waals surface area contributed by atoms with Gasteiger partial charge in [-0.1, -0.05) is 19.9 Å². The molecule has 2 fully saturated rings. The van der Waals surface area contributed by atoms with Crippen LogP contribution in [0.1, 0.15) is 60.3 Å². The van der Waals surface area contributed by atoms with Gasteiger partial charge in [-0.25, -0.2) is 9.59 Å². The Morgan fingerprint density at radius 3 is 2.62 bits per heavy atom. The van der Waals surface area contributed by atoms with Gasteiger partial charge >= 0.3 is 11.9 Å². The van der Waals surface area contributed by atoms with Crippen LogP contribution in [0.3, 0.4) is 0 Å². The molecule has 1 heterocycles. The molecular formula is C20H28O6. The minimum Gasteiger partial charge on any atom is -0.456 e. The lowest BCUT2D eigenvalue weighted by Crippen LogP contribution is -2.68. The Labute approximate surface area is 153 Å². The largest absolute Gasteiger partial charge is 0.456 e. The molecule has 5 atom stereocenters. The third kappa shape index (κ3) is 2.46. The summed E-state index contributed by atoms with van der Waals surface area (Å²) < 4.78 is 10.9. The van der Waals surface area contributed by atoms with E-state index < -0.39 is 34.8 Å². The normalized spacial score (nSPS) is 42.9. The summed E-state index contributed by atoms with van der Waals surface area (Å²) in [6.45, 7) is 9.05. The molecule has 144 valence electrons. The van der Waals surface area contributed by atoms with Crippen molar-refractivity contribution in [3.05, 3.63) is 22.8 Å². The number of ether oxygens (including phenoxy) is 2.